The van der Waals surface area contributed by atoms with E-state index in [1.165, 1.54) is 14.2 Å². The van der Waals surface area contributed by atoms with Crippen molar-refractivity contribution in [2.75, 3.05) is 24.4 Å². The molecule has 0 radical (unpaired) electrons. The van der Waals surface area contributed by atoms with Crippen LogP contribution in [0.1, 0.15) is 11.1 Å². The molecule has 1 aliphatic rings. The van der Waals surface area contributed by atoms with Gasteiger partial charge in [0.15, 0.2) is 11.5 Å². The highest BCUT2D eigenvalue weighted by Crippen LogP contribution is 2.35. The monoisotopic (exact) mass is 425 g/mol. The van der Waals surface area contributed by atoms with Crippen molar-refractivity contribution in [2.24, 2.45) is 0 Å². The number of anilines is 2. The first-order valence-electron chi connectivity index (χ1n) is 9.75. The van der Waals surface area contributed by atoms with Crippen LogP contribution in [0.4, 0.5) is 11.4 Å². The summed E-state index contributed by atoms with van der Waals surface area (Å²) in [6.07, 6.45) is 0. The minimum Gasteiger partial charge on any atom is -0.493 e. The number of benzene rings is 3. The Morgan fingerprint density at radius 1 is 0.844 bits per heavy atom. The van der Waals surface area contributed by atoms with Gasteiger partial charge in [-0.25, -0.2) is 4.90 Å². The Morgan fingerprint density at radius 3 is 2.16 bits per heavy atom. The molecule has 7 nitrogen and oxygen atoms in total. The summed E-state index contributed by atoms with van der Waals surface area (Å²) in [6, 6.07) is 22.5. The summed E-state index contributed by atoms with van der Waals surface area (Å²) in [5, 5.41) is 12.1. The van der Waals surface area contributed by atoms with Crippen molar-refractivity contribution in [1.29, 1.82) is 5.26 Å². The second kappa shape index (κ2) is 8.66. The molecule has 0 bridgehead atoms. The number of methoxy groups -OCH3 is 2. The minimum absolute atomic E-state index is 0.151. The van der Waals surface area contributed by atoms with E-state index in [4.69, 9.17) is 14.7 Å². The van der Waals surface area contributed by atoms with Gasteiger partial charge in [0, 0.05) is 11.8 Å². The SMILES string of the molecule is COc1ccc(NC2=C(c3ccccc3)C(=O)N(c3ccc(C#N)cc3)C2=O)cc1OC. The summed E-state index contributed by atoms with van der Waals surface area (Å²) < 4.78 is 10.6. The predicted octanol–water partition coefficient (Wildman–Crippen LogP) is 3.97. The van der Waals surface area contributed by atoms with Crippen LogP contribution in [0.2, 0.25) is 0 Å². The third-order valence-corrected chi connectivity index (χ3v) is 5.05. The average molecular weight is 425 g/mol. The zero-order valence-electron chi connectivity index (χ0n) is 17.5. The number of nitrogens with zero attached hydrogens (tertiary/aromatic N) is 2. The highest BCUT2D eigenvalue weighted by Gasteiger charge is 2.40. The quantitative estimate of drug-likeness (QED) is 0.601. The molecule has 0 aliphatic carbocycles. The van der Waals surface area contributed by atoms with Gasteiger partial charge in [0.25, 0.3) is 11.8 Å². The summed E-state index contributed by atoms with van der Waals surface area (Å²) in [7, 11) is 3.06. The Balaban J connectivity index is 1.79. The lowest BCUT2D eigenvalue weighted by molar-refractivity contribution is -0.120. The van der Waals surface area contributed by atoms with E-state index in [1.807, 2.05) is 12.1 Å². The number of amides is 2. The van der Waals surface area contributed by atoms with Crippen molar-refractivity contribution in [3.05, 3.63) is 89.6 Å². The predicted molar refractivity (Wildman–Crippen MR) is 120 cm³/mol. The van der Waals surface area contributed by atoms with Gasteiger partial charge in [-0.1, -0.05) is 30.3 Å². The molecule has 3 aromatic rings. The van der Waals surface area contributed by atoms with E-state index in [9.17, 15) is 9.59 Å². The minimum atomic E-state index is -0.492. The number of hydrogen-bond donors (Lipinski definition) is 1. The second-order valence-corrected chi connectivity index (χ2v) is 6.92. The van der Waals surface area contributed by atoms with Crippen LogP contribution in [-0.2, 0) is 9.59 Å². The summed E-state index contributed by atoms with van der Waals surface area (Å²) in [4.78, 5) is 27.9. The van der Waals surface area contributed by atoms with Crippen molar-refractivity contribution < 1.29 is 19.1 Å². The highest BCUT2D eigenvalue weighted by atomic mass is 16.5. The molecule has 7 heteroatoms. The highest BCUT2D eigenvalue weighted by molar-refractivity contribution is 6.46. The number of rotatable bonds is 6. The molecule has 0 saturated heterocycles. The average Bonchev–Trinajstić information content (AvgIpc) is 3.08. The third kappa shape index (κ3) is 3.66. The Hall–Kier alpha value is -4.57. The molecule has 4 rings (SSSR count). The van der Waals surface area contributed by atoms with Crippen LogP contribution in [0, 0.1) is 11.3 Å². The number of nitrogens with one attached hydrogen (secondary N) is 1. The summed E-state index contributed by atoms with van der Waals surface area (Å²) >= 11 is 0. The maximum atomic E-state index is 13.4. The molecule has 0 aromatic heterocycles. The molecular formula is C25H19N3O4. The van der Waals surface area contributed by atoms with Gasteiger partial charge < -0.3 is 14.8 Å². The van der Waals surface area contributed by atoms with Gasteiger partial charge in [0.05, 0.1) is 37.1 Å². The number of hydrogen-bond acceptors (Lipinski definition) is 6. The van der Waals surface area contributed by atoms with Crippen LogP contribution in [0.3, 0.4) is 0 Å². The van der Waals surface area contributed by atoms with Gasteiger partial charge in [-0.15, -0.1) is 0 Å². The van der Waals surface area contributed by atoms with Crippen molar-refractivity contribution >= 4 is 28.8 Å². The molecule has 158 valence electrons. The summed E-state index contributed by atoms with van der Waals surface area (Å²) in [6.45, 7) is 0. The van der Waals surface area contributed by atoms with Gasteiger partial charge in [-0.2, -0.15) is 5.26 Å². The largest absolute Gasteiger partial charge is 0.493 e. The Morgan fingerprint density at radius 2 is 1.53 bits per heavy atom. The zero-order valence-corrected chi connectivity index (χ0v) is 17.5. The van der Waals surface area contributed by atoms with Crippen LogP contribution in [0.15, 0.2) is 78.5 Å². The van der Waals surface area contributed by atoms with Crippen LogP contribution in [0.25, 0.3) is 5.57 Å². The fourth-order valence-corrected chi connectivity index (χ4v) is 3.50. The molecule has 0 atom stereocenters. The smallest absolute Gasteiger partial charge is 0.282 e. The molecule has 0 fully saturated rings. The molecule has 1 aliphatic heterocycles. The topological polar surface area (TPSA) is 91.7 Å². The maximum absolute atomic E-state index is 13.4. The normalized spacial score (nSPS) is 13.2. The fourth-order valence-electron chi connectivity index (χ4n) is 3.50. The Kier molecular flexibility index (Phi) is 5.60. The molecule has 0 saturated carbocycles. The van der Waals surface area contributed by atoms with Crippen LogP contribution in [0.5, 0.6) is 11.5 Å². The zero-order chi connectivity index (χ0) is 22.7. The Labute approximate surface area is 185 Å². The van der Waals surface area contributed by atoms with Gasteiger partial charge >= 0.3 is 0 Å². The van der Waals surface area contributed by atoms with E-state index >= 15 is 0 Å². The van der Waals surface area contributed by atoms with E-state index in [1.54, 1.807) is 66.7 Å². The first-order chi connectivity index (χ1) is 15.6. The summed E-state index contributed by atoms with van der Waals surface area (Å²) in [5.74, 6) is 0.0886. The lowest BCUT2D eigenvalue weighted by Gasteiger charge is -2.16. The van der Waals surface area contributed by atoms with Gasteiger partial charge in [0.1, 0.15) is 5.70 Å². The third-order valence-electron chi connectivity index (χ3n) is 5.05. The first kappa shape index (κ1) is 20.7. The number of carbonyl (C=O) groups excluding carboxylic acids is 2. The molecule has 3 aromatic carbocycles. The van der Waals surface area contributed by atoms with E-state index < -0.39 is 11.8 Å². The van der Waals surface area contributed by atoms with Crippen LogP contribution < -0.4 is 19.7 Å². The van der Waals surface area contributed by atoms with Crippen LogP contribution in [-0.4, -0.2) is 26.0 Å². The first-order valence-corrected chi connectivity index (χ1v) is 9.75. The van der Waals surface area contributed by atoms with Crippen molar-refractivity contribution in [3.8, 4) is 17.6 Å². The van der Waals surface area contributed by atoms with Crippen LogP contribution >= 0.6 is 0 Å². The van der Waals surface area contributed by atoms with Crippen molar-refractivity contribution in [3.63, 3.8) is 0 Å². The molecule has 1 heterocycles. The number of imide groups is 1. The van der Waals surface area contributed by atoms with E-state index in [0.29, 0.717) is 34.0 Å². The van der Waals surface area contributed by atoms with Gasteiger partial charge in [-0.05, 0) is 42.0 Å². The fraction of sp³-hybridized carbons (Fsp3) is 0.0800. The second-order valence-electron chi connectivity index (χ2n) is 6.92. The molecule has 1 N–H and O–H groups in total. The Bertz CT molecular complexity index is 1260. The molecule has 32 heavy (non-hydrogen) atoms. The maximum Gasteiger partial charge on any atom is 0.282 e. The molecular weight excluding hydrogens is 406 g/mol. The van der Waals surface area contributed by atoms with Gasteiger partial charge in [0.2, 0.25) is 0 Å². The molecule has 2 amide bonds. The lowest BCUT2D eigenvalue weighted by atomic mass is 10.0. The van der Waals surface area contributed by atoms with E-state index in [2.05, 4.69) is 5.32 Å². The summed E-state index contributed by atoms with van der Waals surface area (Å²) in [5.41, 5.74) is 2.41. The lowest BCUT2D eigenvalue weighted by Crippen LogP contribution is -2.32. The number of ether oxygens (including phenoxy) is 2. The van der Waals surface area contributed by atoms with Gasteiger partial charge in [-0.3, -0.25) is 9.59 Å². The van der Waals surface area contributed by atoms with E-state index in [0.717, 1.165) is 4.90 Å². The van der Waals surface area contributed by atoms with Crippen molar-refractivity contribution in [1.82, 2.24) is 0 Å². The number of carbonyl (C=O) groups is 2. The standard InChI is InChI=1S/C25H19N3O4/c1-31-20-13-10-18(14-21(20)32-2)27-23-22(17-6-4-3-5-7-17)24(29)28(25(23)30)19-11-8-16(15-26)9-12-19/h3-14,27H,1-2H3. The number of nitriles is 1. The molecule has 0 spiro atoms. The molecule has 0 unspecified atom stereocenters. The van der Waals surface area contributed by atoms with E-state index in [-0.39, 0.29) is 11.3 Å². The van der Waals surface area contributed by atoms with Crippen molar-refractivity contribution in [2.45, 2.75) is 0 Å².